The van der Waals surface area contributed by atoms with Gasteiger partial charge in [-0.25, -0.2) is 0 Å². The zero-order valence-corrected chi connectivity index (χ0v) is 10.1. The fourth-order valence-electron chi connectivity index (χ4n) is 2.27. The van der Waals surface area contributed by atoms with Gasteiger partial charge < -0.3 is 5.32 Å². The number of nitrogens with one attached hydrogen (secondary N) is 2. The van der Waals surface area contributed by atoms with Crippen LogP contribution in [0.3, 0.4) is 0 Å². The minimum Gasteiger partial charge on any atom is -0.339 e. The van der Waals surface area contributed by atoms with Gasteiger partial charge in [-0.1, -0.05) is 37.5 Å². The Labute approximate surface area is 103 Å². The molecule has 0 heterocycles. The molecule has 0 atom stereocenters. The van der Waals surface area contributed by atoms with Crippen LogP contribution in [-0.2, 0) is 0 Å². The van der Waals surface area contributed by atoms with Gasteiger partial charge >= 0.3 is 0 Å². The predicted molar refractivity (Wildman–Crippen MR) is 68.8 cm³/mol. The maximum absolute atomic E-state index is 11.7. The summed E-state index contributed by atoms with van der Waals surface area (Å²) in [5.41, 5.74) is 0.720. The average molecular weight is 232 g/mol. The monoisotopic (exact) mass is 232 g/mol. The Hall–Kier alpha value is -1.35. The summed E-state index contributed by atoms with van der Waals surface area (Å²) in [5, 5.41) is 6.29. The Morgan fingerprint density at radius 3 is 2.53 bits per heavy atom. The number of benzene rings is 1. The normalized spacial score (nSPS) is 16.7. The van der Waals surface area contributed by atoms with E-state index in [9.17, 15) is 4.79 Å². The Morgan fingerprint density at radius 1 is 1.12 bits per heavy atom. The van der Waals surface area contributed by atoms with Crippen molar-refractivity contribution in [1.82, 2.24) is 10.6 Å². The lowest BCUT2D eigenvalue weighted by molar-refractivity contribution is 0.0948. The molecule has 2 rings (SSSR count). The summed E-state index contributed by atoms with van der Waals surface area (Å²) in [6, 6.07) is 9.91. The van der Waals surface area contributed by atoms with Gasteiger partial charge in [0.2, 0.25) is 0 Å². The van der Waals surface area contributed by atoms with Crippen LogP contribution in [0.2, 0.25) is 0 Å². The molecule has 1 fully saturated rings. The van der Waals surface area contributed by atoms with Gasteiger partial charge in [0.05, 0.1) is 6.67 Å². The molecule has 3 heteroatoms. The van der Waals surface area contributed by atoms with Crippen LogP contribution >= 0.6 is 0 Å². The number of hydrogen-bond acceptors (Lipinski definition) is 2. The highest BCUT2D eigenvalue weighted by Gasteiger charge is 2.12. The number of amides is 1. The van der Waals surface area contributed by atoms with Gasteiger partial charge in [0.15, 0.2) is 0 Å². The van der Waals surface area contributed by atoms with Gasteiger partial charge in [-0.15, -0.1) is 0 Å². The standard InChI is InChI=1S/C14H20N2O/c17-14(12-7-3-1-4-8-12)16-11-15-13-9-5-2-6-10-13/h1,3-4,7-8,13,15H,2,5-6,9-11H2,(H,16,17). The maximum Gasteiger partial charge on any atom is 0.252 e. The summed E-state index contributed by atoms with van der Waals surface area (Å²) in [5.74, 6) is -0.00564. The molecule has 3 nitrogen and oxygen atoms in total. The summed E-state index contributed by atoms with van der Waals surface area (Å²) in [6.07, 6.45) is 6.45. The van der Waals surface area contributed by atoms with Crippen LogP contribution in [0.4, 0.5) is 0 Å². The maximum atomic E-state index is 11.7. The third-order valence-electron chi connectivity index (χ3n) is 3.28. The number of carbonyl (C=O) groups is 1. The Balaban J connectivity index is 1.69. The van der Waals surface area contributed by atoms with E-state index in [0.29, 0.717) is 12.7 Å². The second kappa shape index (κ2) is 6.40. The number of carbonyl (C=O) groups excluding carboxylic acids is 1. The third kappa shape index (κ3) is 3.86. The largest absolute Gasteiger partial charge is 0.339 e. The SMILES string of the molecule is O=C(NCNC1CCCCC1)c1ccccc1. The summed E-state index contributed by atoms with van der Waals surface area (Å²) < 4.78 is 0. The molecule has 2 N–H and O–H groups in total. The highest BCUT2D eigenvalue weighted by molar-refractivity contribution is 5.94. The second-order valence-electron chi connectivity index (χ2n) is 4.59. The first-order valence-corrected chi connectivity index (χ1v) is 6.43. The minimum atomic E-state index is -0.00564. The lowest BCUT2D eigenvalue weighted by Crippen LogP contribution is -2.40. The highest BCUT2D eigenvalue weighted by Crippen LogP contribution is 2.16. The Bertz CT molecular complexity index is 344. The van der Waals surface area contributed by atoms with Crippen molar-refractivity contribution in [2.45, 2.75) is 38.1 Å². The van der Waals surface area contributed by atoms with E-state index in [4.69, 9.17) is 0 Å². The average Bonchev–Trinajstić information content (AvgIpc) is 2.41. The quantitative estimate of drug-likeness (QED) is 0.782. The third-order valence-corrected chi connectivity index (χ3v) is 3.28. The summed E-state index contributed by atoms with van der Waals surface area (Å²) >= 11 is 0. The van der Waals surface area contributed by atoms with Crippen molar-refractivity contribution in [3.05, 3.63) is 35.9 Å². The topological polar surface area (TPSA) is 41.1 Å². The molecule has 0 aromatic heterocycles. The van der Waals surface area contributed by atoms with Gasteiger partial charge in [-0.2, -0.15) is 0 Å². The van der Waals surface area contributed by atoms with Gasteiger partial charge in [0.1, 0.15) is 0 Å². The number of hydrogen-bond donors (Lipinski definition) is 2. The highest BCUT2D eigenvalue weighted by atomic mass is 16.1. The molecule has 0 unspecified atom stereocenters. The summed E-state index contributed by atoms with van der Waals surface area (Å²) in [4.78, 5) is 11.7. The van der Waals surface area contributed by atoms with Crippen molar-refractivity contribution >= 4 is 5.91 Å². The summed E-state index contributed by atoms with van der Waals surface area (Å²) in [6.45, 7) is 0.568. The molecule has 1 aromatic carbocycles. The Morgan fingerprint density at radius 2 is 1.82 bits per heavy atom. The van der Waals surface area contributed by atoms with Crippen LogP contribution in [0.25, 0.3) is 0 Å². The zero-order chi connectivity index (χ0) is 11.9. The molecule has 1 saturated carbocycles. The second-order valence-corrected chi connectivity index (χ2v) is 4.59. The molecule has 0 bridgehead atoms. The van der Waals surface area contributed by atoms with E-state index < -0.39 is 0 Å². The molecule has 1 aliphatic carbocycles. The van der Waals surface area contributed by atoms with E-state index in [-0.39, 0.29) is 5.91 Å². The molecular weight excluding hydrogens is 212 g/mol. The number of rotatable bonds is 4. The fourth-order valence-corrected chi connectivity index (χ4v) is 2.27. The molecule has 0 aliphatic heterocycles. The van der Waals surface area contributed by atoms with Crippen molar-refractivity contribution in [2.75, 3.05) is 6.67 Å². The van der Waals surface area contributed by atoms with Crippen LogP contribution < -0.4 is 10.6 Å². The van der Waals surface area contributed by atoms with Crippen molar-refractivity contribution < 1.29 is 4.79 Å². The smallest absolute Gasteiger partial charge is 0.252 e. The predicted octanol–water partition coefficient (Wildman–Crippen LogP) is 2.30. The first-order chi connectivity index (χ1) is 8.36. The molecule has 0 spiro atoms. The lowest BCUT2D eigenvalue weighted by Gasteiger charge is -2.22. The minimum absolute atomic E-state index is 0.00564. The van der Waals surface area contributed by atoms with E-state index in [2.05, 4.69) is 10.6 Å². The van der Waals surface area contributed by atoms with Crippen molar-refractivity contribution in [1.29, 1.82) is 0 Å². The lowest BCUT2D eigenvalue weighted by atomic mass is 9.96. The van der Waals surface area contributed by atoms with Crippen molar-refractivity contribution in [3.8, 4) is 0 Å². The van der Waals surface area contributed by atoms with E-state index in [0.717, 1.165) is 5.56 Å². The van der Waals surface area contributed by atoms with Crippen LogP contribution in [-0.4, -0.2) is 18.6 Å². The van der Waals surface area contributed by atoms with E-state index >= 15 is 0 Å². The molecule has 1 aliphatic rings. The van der Waals surface area contributed by atoms with Crippen LogP contribution in [0.15, 0.2) is 30.3 Å². The van der Waals surface area contributed by atoms with E-state index in [1.807, 2.05) is 30.3 Å². The molecule has 92 valence electrons. The molecule has 0 radical (unpaired) electrons. The van der Waals surface area contributed by atoms with Crippen molar-refractivity contribution in [2.24, 2.45) is 0 Å². The van der Waals surface area contributed by atoms with Gasteiger partial charge in [-0.3, -0.25) is 10.1 Å². The molecule has 1 aromatic rings. The van der Waals surface area contributed by atoms with Crippen LogP contribution in [0, 0.1) is 0 Å². The van der Waals surface area contributed by atoms with E-state index in [1.165, 1.54) is 32.1 Å². The van der Waals surface area contributed by atoms with E-state index in [1.54, 1.807) is 0 Å². The fraction of sp³-hybridized carbons (Fsp3) is 0.500. The molecular formula is C14H20N2O. The van der Waals surface area contributed by atoms with Crippen LogP contribution in [0.5, 0.6) is 0 Å². The van der Waals surface area contributed by atoms with Crippen molar-refractivity contribution in [3.63, 3.8) is 0 Å². The van der Waals surface area contributed by atoms with Gasteiger partial charge in [-0.05, 0) is 25.0 Å². The first kappa shape index (κ1) is 12.1. The van der Waals surface area contributed by atoms with Gasteiger partial charge in [0.25, 0.3) is 5.91 Å². The summed E-state index contributed by atoms with van der Waals surface area (Å²) in [7, 11) is 0. The molecule has 17 heavy (non-hydrogen) atoms. The first-order valence-electron chi connectivity index (χ1n) is 6.43. The molecule has 1 amide bonds. The van der Waals surface area contributed by atoms with Crippen LogP contribution in [0.1, 0.15) is 42.5 Å². The zero-order valence-electron chi connectivity index (χ0n) is 10.1. The molecule has 0 saturated heterocycles. The van der Waals surface area contributed by atoms with Gasteiger partial charge in [0, 0.05) is 11.6 Å². The Kier molecular flexibility index (Phi) is 4.56.